The third-order valence-corrected chi connectivity index (χ3v) is 7.87. The number of hydrogen-bond donors (Lipinski definition) is 0. The molecule has 0 radical (unpaired) electrons. The van der Waals surface area contributed by atoms with Gasteiger partial charge in [0, 0.05) is 6.10 Å². The van der Waals surface area contributed by atoms with E-state index in [9.17, 15) is 4.79 Å². The highest BCUT2D eigenvalue weighted by Crippen LogP contribution is 2.37. The van der Waals surface area contributed by atoms with Crippen LogP contribution >= 0.6 is 0 Å². The minimum Gasteiger partial charge on any atom is -0.414 e. The second kappa shape index (κ2) is 5.78. The van der Waals surface area contributed by atoms with Crippen LogP contribution in [0, 0.1) is 0 Å². The van der Waals surface area contributed by atoms with Crippen LogP contribution in [0.25, 0.3) is 0 Å². The molecular weight excluding hydrogens is 216 g/mol. The van der Waals surface area contributed by atoms with Crippen molar-refractivity contribution in [3.8, 4) is 0 Å². The zero-order chi connectivity index (χ0) is 13.0. The lowest BCUT2D eigenvalue weighted by molar-refractivity contribution is -0.104. The second-order valence-electron chi connectivity index (χ2n) is 6.04. The zero-order valence-electron chi connectivity index (χ0n) is 11.8. The predicted molar refractivity (Wildman–Crippen MR) is 72.2 cm³/mol. The average molecular weight is 242 g/mol. The van der Waals surface area contributed by atoms with Gasteiger partial charge >= 0.3 is 0 Å². The van der Waals surface area contributed by atoms with E-state index in [2.05, 4.69) is 40.8 Å². The zero-order valence-corrected chi connectivity index (χ0v) is 12.8. The molecule has 94 valence electrons. The Morgan fingerprint density at radius 3 is 2.25 bits per heavy atom. The summed E-state index contributed by atoms with van der Waals surface area (Å²) in [7, 11) is -1.67. The van der Waals surface area contributed by atoms with Crippen LogP contribution in [0.15, 0.2) is 11.6 Å². The van der Waals surface area contributed by atoms with Gasteiger partial charge < -0.3 is 4.43 Å². The van der Waals surface area contributed by atoms with Crippen LogP contribution in [0.3, 0.4) is 0 Å². The Hall–Kier alpha value is -0.413. The van der Waals surface area contributed by atoms with Gasteiger partial charge in [0.25, 0.3) is 0 Å². The van der Waals surface area contributed by atoms with Crippen LogP contribution in [-0.4, -0.2) is 20.7 Å². The largest absolute Gasteiger partial charge is 0.414 e. The highest BCUT2D eigenvalue weighted by molar-refractivity contribution is 6.74. The minimum atomic E-state index is -1.67. The number of carbonyl (C=O) groups excluding carboxylic acids is 1. The molecule has 0 heterocycles. The molecule has 16 heavy (non-hydrogen) atoms. The summed E-state index contributed by atoms with van der Waals surface area (Å²) < 4.78 is 6.20. The van der Waals surface area contributed by atoms with Crippen molar-refractivity contribution in [2.75, 3.05) is 0 Å². The normalized spacial score (nSPS) is 16.1. The van der Waals surface area contributed by atoms with E-state index in [1.807, 2.05) is 6.92 Å². The van der Waals surface area contributed by atoms with Crippen LogP contribution in [0.2, 0.25) is 18.1 Å². The van der Waals surface area contributed by atoms with Gasteiger partial charge in [0.15, 0.2) is 8.32 Å². The van der Waals surface area contributed by atoms with Crippen molar-refractivity contribution in [3.63, 3.8) is 0 Å². The van der Waals surface area contributed by atoms with Crippen LogP contribution in [0.1, 0.15) is 41.0 Å². The average Bonchev–Trinajstić information content (AvgIpc) is 1.99. The fraction of sp³-hybridized carbons (Fsp3) is 0.769. The Kier molecular flexibility index (Phi) is 5.63. The van der Waals surface area contributed by atoms with Gasteiger partial charge in [-0.25, -0.2) is 0 Å². The molecule has 3 heteroatoms. The Labute approximate surface area is 101 Å². The van der Waals surface area contributed by atoms with Crippen LogP contribution in [0.4, 0.5) is 0 Å². The van der Waals surface area contributed by atoms with Gasteiger partial charge in [-0.2, -0.15) is 0 Å². The van der Waals surface area contributed by atoms with E-state index in [0.717, 1.165) is 18.3 Å². The summed E-state index contributed by atoms with van der Waals surface area (Å²) in [6.45, 7) is 15.3. The Morgan fingerprint density at radius 2 is 1.88 bits per heavy atom. The fourth-order valence-corrected chi connectivity index (χ4v) is 2.80. The lowest BCUT2D eigenvalue weighted by Gasteiger charge is -2.38. The highest BCUT2D eigenvalue weighted by Gasteiger charge is 2.38. The summed E-state index contributed by atoms with van der Waals surface area (Å²) in [6, 6.07) is 0. The molecule has 2 nitrogen and oxygen atoms in total. The summed E-state index contributed by atoms with van der Waals surface area (Å²) in [6.07, 6.45) is 3.49. The summed E-state index contributed by atoms with van der Waals surface area (Å²) in [4.78, 5) is 10.3. The van der Waals surface area contributed by atoms with Crippen LogP contribution in [0.5, 0.6) is 0 Å². The quantitative estimate of drug-likeness (QED) is 0.415. The highest BCUT2D eigenvalue weighted by atomic mass is 28.4. The fourth-order valence-electron chi connectivity index (χ4n) is 1.36. The summed E-state index contributed by atoms with van der Waals surface area (Å²) in [5.41, 5.74) is 1.08. The monoisotopic (exact) mass is 242 g/mol. The van der Waals surface area contributed by atoms with E-state index in [1.165, 1.54) is 0 Å². The van der Waals surface area contributed by atoms with Crippen LogP contribution < -0.4 is 0 Å². The first-order valence-electron chi connectivity index (χ1n) is 5.89. The van der Waals surface area contributed by atoms with Gasteiger partial charge in [0.05, 0.1) is 0 Å². The van der Waals surface area contributed by atoms with Crippen molar-refractivity contribution in [2.45, 2.75) is 65.3 Å². The molecule has 0 aliphatic heterocycles. The van der Waals surface area contributed by atoms with Crippen molar-refractivity contribution in [2.24, 2.45) is 0 Å². The van der Waals surface area contributed by atoms with Gasteiger partial charge in [-0.3, -0.25) is 4.79 Å². The van der Waals surface area contributed by atoms with Gasteiger partial charge in [-0.15, -0.1) is 0 Å². The molecule has 1 unspecified atom stereocenters. The van der Waals surface area contributed by atoms with Crippen LogP contribution in [-0.2, 0) is 9.22 Å². The van der Waals surface area contributed by atoms with E-state index < -0.39 is 8.32 Å². The van der Waals surface area contributed by atoms with Crippen molar-refractivity contribution < 1.29 is 9.22 Å². The lowest BCUT2D eigenvalue weighted by Crippen LogP contribution is -2.43. The Morgan fingerprint density at radius 1 is 1.38 bits per heavy atom. The number of hydrogen-bond acceptors (Lipinski definition) is 2. The first-order chi connectivity index (χ1) is 7.10. The number of carbonyl (C=O) groups is 1. The summed E-state index contributed by atoms with van der Waals surface area (Å²) in [5, 5.41) is 0.240. The summed E-state index contributed by atoms with van der Waals surface area (Å²) in [5.74, 6) is 0. The predicted octanol–water partition coefficient (Wildman–Crippen LogP) is 3.93. The maximum Gasteiger partial charge on any atom is 0.192 e. The van der Waals surface area contributed by atoms with Crippen molar-refractivity contribution >= 4 is 14.6 Å². The molecular formula is C13H26O2Si. The number of allylic oxidation sites excluding steroid dienone is 1. The standard InChI is InChI=1S/C13H26O2Si/c1-11(8-9-14)10-12(2)15-16(6,7)13(3,4)5/h8-9,12H,10H2,1-7H3/b11-8+. The molecule has 0 saturated carbocycles. The maximum absolute atomic E-state index is 10.3. The number of aldehydes is 1. The summed E-state index contributed by atoms with van der Waals surface area (Å²) >= 11 is 0. The first kappa shape index (κ1) is 15.6. The lowest BCUT2D eigenvalue weighted by atomic mass is 10.1. The van der Waals surface area contributed by atoms with E-state index in [1.54, 1.807) is 6.08 Å². The third-order valence-electron chi connectivity index (χ3n) is 3.26. The molecule has 0 rings (SSSR count). The first-order valence-corrected chi connectivity index (χ1v) is 8.79. The minimum absolute atomic E-state index is 0.192. The van der Waals surface area contributed by atoms with Crippen molar-refractivity contribution in [3.05, 3.63) is 11.6 Å². The molecule has 0 amide bonds. The molecule has 0 aromatic rings. The van der Waals surface area contributed by atoms with Gasteiger partial charge in [-0.1, -0.05) is 26.3 Å². The SMILES string of the molecule is C/C(=C\C=O)CC(C)O[Si](C)(C)C(C)(C)C. The van der Waals surface area contributed by atoms with E-state index in [4.69, 9.17) is 4.43 Å². The third kappa shape index (κ3) is 5.08. The molecule has 0 spiro atoms. The molecule has 0 aromatic carbocycles. The van der Waals surface area contributed by atoms with E-state index in [-0.39, 0.29) is 11.1 Å². The van der Waals surface area contributed by atoms with Crippen molar-refractivity contribution in [1.82, 2.24) is 0 Å². The van der Waals surface area contributed by atoms with Gasteiger partial charge in [-0.05, 0) is 44.5 Å². The van der Waals surface area contributed by atoms with E-state index in [0.29, 0.717) is 0 Å². The molecule has 0 N–H and O–H groups in total. The van der Waals surface area contributed by atoms with Crippen molar-refractivity contribution in [1.29, 1.82) is 0 Å². The molecule has 0 saturated heterocycles. The molecule has 0 bridgehead atoms. The topological polar surface area (TPSA) is 26.3 Å². The Bertz CT molecular complexity index is 262. The second-order valence-corrected chi connectivity index (χ2v) is 10.8. The molecule has 1 atom stereocenters. The molecule has 0 aliphatic carbocycles. The van der Waals surface area contributed by atoms with E-state index >= 15 is 0 Å². The maximum atomic E-state index is 10.3. The molecule has 0 aliphatic rings. The smallest absolute Gasteiger partial charge is 0.192 e. The molecule has 0 aromatic heterocycles. The number of rotatable bonds is 5. The van der Waals surface area contributed by atoms with Gasteiger partial charge in [0.1, 0.15) is 6.29 Å². The van der Waals surface area contributed by atoms with Gasteiger partial charge in [0.2, 0.25) is 0 Å². The Balaban J connectivity index is 4.40. The molecule has 0 fully saturated rings.